The summed E-state index contributed by atoms with van der Waals surface area (Å²) in [5.41, 5.74) is 0.257. The van der Waals surface area contributed by atoms with Gasteiger partial charge in [-0.2, -0.15) is 9.57 Å². The largest absolute Gasteiger partial charge is 0.262 e. The van der Waals surface area contributed by atoms with Crippen molar-refractivity contribution < 1.29 is 8.42 Å². The van der Waals surface area contributed by atoms with Gasteiger partial charge < -0.3 is 0 Å². The highest BCUT2D eigenvalue weighted by Gasteiger charge is 2.31. The van der Waals surface area contributed by atoms with E-state index in [4.69, 9.17) is 5.26 Å². The Morgan fingerprint density at radius 1 is 1.47 bits per heavy atom. The van der Waals surface area contributed by atoms with Crippen LogP contribution in [0.25, 0.3) is 0 Å². The third kappa shape index (κ3) is 2.16. The van der Waals surface area contributed by atoms with E-state index in [2.05, 4.69) is 4.98 Å². The van der Waals surface area contributed by atoms with Gasteiger partial charge in [-0.15, -0.1) is 0 Å². The van der Waals surface area contributed by atoms with E-state index in [0.29, 0.717) is 0 Å². The van der Waals surface area contributed by atoms with Gasteiger partial charge in [0.25, 0.3) is 0 Å². The minimum Gasteiger partial charge on any atom is -0.262 e. The standard InChI is InChI=1S/C11H13N3O2S/c1-14(10-3-2-4-10)17(15,16)11-5-9(6-12)7-13-8-11/h5,7-8,10H,2-4H2,1H3. The van der Waals surface area contributed by atoms with Crippen molar-refractivity contribution in [2.75, 3.05) is 7.05 Å². The molecule has 2 rings (SSSR count). The third-order valence-electron chi connectivity index (χ3n) is 3.11. The van der Waals surface area contributed by atoms with Crippen molar-refractivity contribution in [2.24, 2.45) is 0 Å². The van der Waals surface area contributed by atoms with E-state index >= 15 is 0 Å². The van der Waals surface area contributed by atoms with E-state index in [9.17, 15) is 8.42 Å². The molecule has 1 aliphatic rings. The molecule has 1 heterocycles. The van der Waals surface area contributed by atoms with Crippen molar-refractivity contribution >= 4 is 10.0 Å². The molecule has 1 aliphatic carbocycles. The van der Waals surface area contributed by atoms with Gasteiger partial charge in [-0.05, 0) is 18.9 Å². The van der Waals surface area contributed by atoms with Crippen LogP contribution in [0.15, 0.2) is 23.4 Å². The lowest BCUT2D eigenvalue weighted by Crippen LogP contribution is -2.41. The van der Waals surface area contributed by atoms with Gasteiger partial charge in [0.15, 0.2) is 0 Å². The van der Waals surface area contributed by atoms with E-state index in [0.717, 1.165) is 19.3 Å². The second-order valence-electron chi connectivity index (χ2n) is 4.13. The van der Waals surface area contributed by atoms with Crippen LogP contribution in [0.4, 0.5) is 0 Å². The highest BCUT2D eigenvalue weighted by atomic mass is 32.2. The van der Waals surface area contributed by atoms with Crippen LogP contribution in [0.5, 0.6) is 0 Å². The van der Waals surface area contributed by atoms with Gasteiger partial charge in [-0.1, -0.05) is 6.42 Å². The van der Waals surface area contributed by atoms with Gasteiger partial charge >= 0.3 is 0 Å². The minimum absolute atomic E-state index is 0.0886. The number of hydrogen-bond donors (Lipinski definition) is 0. The lowest BCUT2D eigenvalue weighted by molar-refractivity contribution is 0.249. The normalized spacial score (nSPS) is 16.5. The molecule has 0 amide bonds. The van der Waals surface area contributed by atoms with Crippen molar-refractivity contribution in [3.05, 3.63) is 24.0 Å². The Morgan fingerprint density at radius 3 is 2.71 bits per heavy atom. The zero-order chi connectivity index (χ0) is 12.5. The van der Waals surface area contributed by atoms with Crippen LogP contribution in [0, 0.1) is 11.3 Å². The Kier molecular flexibility index (Phi) is 3.13. The van der Waals surface area contributed by atoms with Crippen molar-refractivity contribution in [1.82, 2.24) is 9.29 Å². The summed E-state index contributed by atoms with van der Waals surface area (Å²) >= 11 is 0. The molecule has 0 spiro atoms. The number of rotatable bonds is 3. The first-order valence-corrected chi connectivity index (χ1v) is 6.83. The van der Waals surface area contributed by atoms with Crippen LogP contribution in [0.2, 0.25) is 0 Å². The molecule has 0 aromatic carbocycles. The molecule has 0 aliphatic heterocycles. The van der Waals surface area contributed by atoms with Gasteiger partial charge in [0.1, 0.15) is 11.0 Å². The highest BCUT2D eigenvalue weighted by Crippen LogP contribution is 2.28. The maximum atomic E-state index is 12.2. The molecule has 90 valence electrons. The lowest BCUT2D eigenvalue weighted by atomic mass is 9.94. The molecule has 0 unspecified atom stereocenters. The monoisotopic (exact) mass is 251 g/mol. The van der Waals surface area contributed by atoms with Crippen LogP contribution in [-0.2, 0) is 10.0 Å². The summed E-state index contributed by atoms with van der Waals surface area (Å²) in [4.78, 5) is 3.87. The predicted octanol–water partition coefficient (Wildman–Crippen LogP) is 1.13. The summed E-state index contributed by atoms with van der Waals surface area (Å²) in [7, 11) is -1.93. The Hall–Kier alpha value is -1.45. The molecule has 6 heteroatoms. The van der Waals surface area contributed by atoms with E-state index in [1.54, 1.807) is 7.05 Å². The van der Waals surface area contributed by atoms with Crippen LogP contribution in [-0.4, -0.2) is 30.8 Å². The lowest BCUT2D eigenvalue weighted by Gasteiger charge is -2.33. The summed E-state index contributed by atoms with van der Waals surface area (Å²) in [6.07, 6.45) is 5.51. The second-order valence-corrected chi connectivity index (χ2v) is 6.12. The number of nitriles is 1. The summed E-state index contributed by atoms with van der Waals surface area (Å²) in [6.45, 7) is 0. The summed E-state index contributed by atoms with van der Waals surface area (Å²) < 4.78 is 25.8. The molecule has 0 bridgehead atoms. The number of nitrogens with zero attached hydrogens (tertiary/aromatic N) is 3. The van der Waals surface area contributed by atoms with Crippen molar-refractivity contribution in [3.63, 3.8) is 0 Å². The van der Waals surface area contributed by atoms with Crippen LogP contribution >= 0.6 is 0 Å². The molecular formula is C11H13N3O2S. The molecule has 17 heavy (non-hydrogen) atoms. The zero-order valence-electron chi connectivity index (χ0n) is 9.50. The van der Waals surface area contributed by atoms with E-state index in [1.165, 1.54) is 22.8 Å². The molecule has 0 saturated heterocycles. The Labute approximate surface area is 101 Å². The van der Waals surface area contributed by atoms with Crippen molar-refractivity contribution in [2.45, 2.75) is 30.2 Å². The molecule has 1 saturated carbocycles. The molecule has 1 aromatic rings. The highest BCUT2D eigenvalue weighted by molar-refractivity contribution is 7.89. The quantitative estimate of drug-likeness (QED) is 0.807. The summed E-state index contributed by atoms with van der Waals surface area (Å²) in [6, 6.07) is 3.34. The molecular weight excluding hydrogens is 238 g/mol. The Bertz CT molecular complexity index is 558. The van der Waals surface area contributed by atoms with Gasteiger partial charge in [0, 0.05) is 25.5 Å². The average Bonchev–Trinajstić information content (AvgIpc) is 2.26. The van der Waals surface area contributed by atoms with Crippen molar-refractivity contribution in [1.29, 1.82) is 5.26 Å². The van der Waals surface area contributed by atoms with Gasteiger partial charge in [0.2, 0.25) is 10.0 Å². The number of pyridine rings is 1. The van der Waals surface area contributed by atoms with Gasteiger partial charge in [-0.25, -0.2) is 8.42 Å². The average molecular weight is 251 g/mol. The maximum Gasteiger partial charge on any atom is 0.244 e. The molecule has 1 aromatic heterocycles. The number of hydrogen-bond acceptors (Lipinski definition) is 4. The molecule has 5 nitrogen and oxygen atoms in total. The van der Waals surface area contributed by atoms with Crippen molar-refractivity contribution in [3.8, 4) is 6.07 Å². The first-order valence-electron chi connectivity index (χ1n) is 5.39. The zero-order valence-corrected chi connectivity index (χ0v) is 10.3. The number of aromatic nitrogens is 1. The van der Waals surface area contributed by atoms with E-state index in [1.807, 2.05) is 6.07 Å². The van der Waals surface area contributed by atoms with Crippen LogP contribution in [0.3, 0.4) is 0 Å². The molecule has 0 radical (unpaired) electrons. The van der Waals surface area contributed by atoms with Crippen LogP contribution in [0.1, 0.15) is 24.8 Å². The fraction of sp³-hybridized carbons (Fsp3) is 0.455. The first-order chi connectivity index (χ1) is 8.05. The predicted molar refractivity (Wildman–Crippen MR) is 61.5 cm³/mol. The summed E-state index contributed by atoms with van der Waals surface area (Å²) in [5, 5.41) is 8.73. The van der Waals surface area contributed by atoms with Crippen LogP contribution < -0.4 is 0 Å². The van der Waals surface area contributed by atoms with E-state index in [-0.39, 0.29) is 16.5 Å². The fourth-order valence-electron chi connectivity index (χ4n) is 1.73. The SMILES string of the molecule is CN(C1CCC1)S(=O)(=O)c1cncc(C#N)c1. The molecule has 0 atom stereocenters. The minimum atomic E-state index is -3.51. The maximum absolute atomic E-state index is 12.2. The van der Waals surface area contributed by atoms with Gasteiger partial charge in [0.05, 0.1) is 5.56 Å². The third-order valence-corrected chi connectivity index (χ3v) is 4.98. The van der Waals surface area contributed by atoms with E-state index < -0.39 is 10.0 Å². The smallest absolute Gasteiger partial charge is 0.244 e. The number of sulfonamides is 1. The first kappa shape index (κ1) is 12.0. The Morgan fingerprint density at radius 2 is 2.18 bits per heavy atom. The van der Waals surface area contributed by atoms with Gasteiger partial charge in [-0.3, -0.25) is 4.98 Å². The Balaban J connectivity index is 2.34. The summed E-state index contributed by atoms with van der Waals surface area (Å²) in [5.74, 6) is 0. The second kappa shape index (κ2) is 4.43. The molecule has 1 fully saturated rings. The molecule has 0 N–H and O–H groups in total. The topological polar surface area (TPSA) is 74.1 Å². The fourth-order valence-corrected chi connectivity index (χ4v) is 3.14.